The van der Waals surface area contributed by atoms with Crippen LogP contribution in [0.4, 0.5) is 0 Å². The first-order valence-corrected chi connectivity index (χ1v) is 8.79. The molecule has 1 saturated heterocycles. The minimum absolute atomic E-state index is 0.180. The molecule has 0 radical (unpaired) electrons. The van der Waals surface area contributed by atoms with Crippen LogP contribution >= 0.6 is 31.9 Å². The van der Waals surface area contributed by atoms with Crippen LogP contribution in [0.3, 0.4) is 0 Å². The van der Waals surface area contributed by atoms with E-state index in [2.05, 4.69) is 37.2 Å². The maximum atomic E-state index is 12.0. The molecule has 0 atom stereocenters. The van der Waals surface area contributed by atoms with Gasteiger partial charge in [0, 0.05) is 29.7 Å². The lowest BCUT2D eigenvalue weighted by Crippen LogP contribution is -2.36. The summed E-state index contributed by atoms with van der Waals surface area (Å²) in [5.41, 5.74) is 1.03. The molecule has 6 heteroatoms. The molecule has 1 N–H and O–H groups in total. The van der Waals surface area contributed by atoms with Crippen molar-refractivity contribution in [1.29, 1.82) is 0 Å². The lowest BCUT2D eigenvalue weighted by molar-refractivity contribution is -0.129. The summed E-state index contributed by atoms with van der Waals surface area (Å²) in [4.78, 5) is 13.9. The van der Waals surface area contributed by atoms with Crippen molar-refractivity contribution in [3.63, 3.8) is 0 Å². The largest absolute Gasteiger partial charge is 0.492 e. The Labute approximate surface area is 142 Å². The Hall–Kier alpha value is -0.590. The monoisotopic (exact) mass is 418 g/mol. The van der Waals surface area contributed by atoms with Crippen LogP contribution in [0.5, 0.6) is 5.75 Å². The Balaban J connectivity index is 1.94. The first-order valence-electron chi connectivity index (χ1n) is 7.21. The number of hydrogen-bond donors (Lipinski definition) is 1. The van der Waals surface area contributed by atoms with Gasteiger partial charge in [0.2, 0.25) is 5.91 Å². The van der Waals surface area contributed by atoms with E-state index in [1.165, 1.54) is 0 Å². The molecule has 0 spiro atoms. The predicted octanol–water partition coefficient (Wildman–Crippen LogP) is 3.32. The second kappa shape index (κ2) is 8.15. The molecule has 1 aliphatic heterocycles. The summed E-state index contributed by atoms with van der Waals surface area (Å²) in [6, 6.07) is 3.98. The Morgan fingerprint density at radius 2 is 2.05 bits per heavy atom. The number of likely N-dealkylation sites (tertiary alicyclic amines) is 1. The van der Waals surface area contributed by atoms with Gasteiger partial charge in [-0.25, -0.2) is 0 Å². The summed E-state index contributed by atoms with van der Waals surface area (Å²) < 4.78 is 7.58. The Morgan fingerprint density at radius 3 is 2.71 bits per heavy atom. The van der Waals surface area contributed by atoms with Gasteiger partial charge in [0.05, 0.1) is 17.6 Å². The fourth-order valence-corrected chi connectivity index (χ4v) is 3.86. The molecule has 21 heavy (non-hydrogen) atoms. The highest BCUT2D eigenvalue weighted by atomic mass is 79.9. The normalized spacial score (nSPS) is 14.5. The summed E-state index contributed by atoms with van der Waals surface area (Å²) in [7, 11) is 0. The van der Waals surface area contributed by atoms with E-state index in [-0.39, 0.29) is 5.91 Å². The standard InChI is InChI=1S/C15H20Br2N2O2/c1-2-21-15-11(7-12(16)8-13(15)17)9-18-10-14(20)19-5-3-4-6-19/h7-8,18H,2-6,9-10H2,1H3. The van der Waals surface area contributed by atoms with Crippen LogP contribution in [0.25, 0.3) is 0 Å². The molecule has 1 aromatic carbocycles. The van der Waals surface area contributed by atoms with Gasteiger partial charge in [0.25, 0.3) is 0 Å². The van der Waals surface area contributed by atoms with E-state index in [9.17, 15) is 4.79 Å². The van der Waals surface area contributed by atoms with Gasteiger partial charge in [-0.05, 0) is 47.8 Å². The van der Waals surface area contributed by atoms with Gasteiger partial charge < -0.3 is 15.0 Å². The van der Waals surface area contributed by atoms with Crippen molar-refractivity contribution < 1.29 is 9.53 Å². The molecule has 1 aliphatic rings. The molecule has 0 aliphatic carbocycles. The second-order valence-electron chi connectivity index (χ2n) is 5.00. The van der Waals surface area contributed by atoms with E-state index >= 15 is 0 Å². The van der Waals surface area contributed by atoms with E-state index in [4.69, 9.17) is 4.74 Å². The number of carbonyl (C=O) groups is 1. The lowest BCUT2D eigenvalue weighted by atomic mass is 10.2. The quantitative estimate of drug-likeness (QED) is 0.768. The first-order chi connectivity index (χ1) is 10.1. The van der Waals surface area contributed by atoms with Crippen molar-refractivity contribution in [2.45, 2.75) is 26.3 Å². The smallest absolute Gasteiger partial charge is 0.236 e. The highest BCUT2D eigenvalue weighted by Crippen LogP contribution is 2.32. The molecule has 1 aromatic rings. The fourth-order valence-electron chi connectivity index (χ4n) is 2.43. The SMILES string of the molecule is CCOc1c(Br)cc(Br)cc1CNCC(=O)N1CCCC1. The maximum absolute atomic E-state index is 12.0. The third-order valence-corrected chi connectivity index (χ3v) is 4.47. The number of nitrogens with zero attached hydrogens (tertiary/aromatic N) is 1. The van der Waals surface area contributed by atoms with Gasteiger partial charge in [-0.2, -0.15) is 0 Å². The summed E-state index contributed by atoms with van der Waals surface area (Å²) in [6.07, 6.45) is 2.25. The van der Waals surface area contributed by atoms with Gasteiger partial charge in [-0.15, -0.1) is 0 Å². The van der Waals surface area contributed by atoms with Crippen LogP contribution in [0, 0.1) is 0 Å². The second-order valence-corrected chi connectivity index (χ2v) is 6.77. The van der Waals surface area contributed by atoms with E-state index < -0.39 is 0 Å². The number of carbonyl (C=O) groups excluding carboxylic acids is 1. The molecular formula is C15H20Br2N2O2. The van der Waals surface area contributed by atoms with Crippen LogP contribution < -0.4 is 10.1 Å². The summed E-state index contributed by atoms with van der Waals surface area (Å²) in [6.45, 7) is 5.34. The van der Waals surface area contributed by atoms with E-state index in [1.807, 2.05) is 24.0 Å². The van der Waals surface area contributed by atoms with Crippen LogP contribution in [0.15, 0.2) is 21.1 Å². The minimum atomic E-state index is 0.180. The maximum Gasteiger partial charge on any atom is 0.236 e. The topological polar surface area (TPSA) is 41.6 Å². The lowest BCUT2D eigenvalue weighted by Gasteiger charge is -2.17. The molecule has 4 nitrogen and oxygen atoms in total. The van der Waals surface area contributed by atoms with Crippen LogP contribution in [0.2, 0.25) is 0 Å². The highest BCUT2D eigenvalue weighted by molar-refractivity contribution is 9.11. The highest BCUT2D eigenvalue weighted by Gasteiger charge is 2.17. The zero-order chi connectivity index (χ0) is 15.2. The molecular weight excluding hydrogens is 400 g/mol. The van der Waals surface area contributed by atoms with Gasteiger partial charge in [0.15, 0.2) is 0 Å². The molecule has 0 saturated carbocycles. The van der Waals surface area contributed by atoms with Crippen molar-refractivity contribution in [1.82, 2.24) is 10.2 Å². The number of halogens is 2. The van der Waals surface area contributed by atoms with E-state index in [0.29, 0.717) is 19.7 Å². The Morgan fingerprint density at radius 1 is 1.33 bits per heavy atom. The average molecular weight is 420 g/mol. The number of benzene rings is 1. The summed E-state index contributed by atoms with van der Waals surface area (Å²) in [5, 5.41) is 3.22. The van der Waals surface area contributed by atoms with E-state index in [0.717, 1.165) is 46.2 Å². The zero-order valence-corrected chi connectivity index (χ0v) is 15.3. The van der Waals surface area contributed by atoms with Crippen molar-refractivity contribution in [3.05, 3.63) is 26.6 Å². The predicted molar refractivity (Wildman–Crippen MR) is 90.5 cm³/mol. The summed E-state index contributed by atoms with van der Waals surface area (Å²) in [5.74, 6) is 1.02. The third-order valence-electron chi connectivity index (χ3n) is 3.42. The van der Waals surface area contributed by atoms with Gasteiger partial charge in [-0.1, -0.05) is 15.9 Å². The minimum Gasteiger partial charge on any atom is -0.492 e. The number of rotatable bonds is 6. The Bertz CT molecular complexity index is 503. The third kappa shape index (κ3) is 4.69. The van der Waals surface area contributed by atoms with Crippen molar-refractivity contribution in [3.8, 4) is 5.75 Å². The van der Waals surface area contributed by atoms with Crippen molar-refractivity contribution in [2.24, 2.45) is 0 Å². The molecule has 116 valence electrons. The summed E-state index contributed by atoms with van der Waals surface area (Å²) >= 11 is 7.00. The van der Waals surface area contributed by atoms with E-state index in [1.54, 1.807) is 0 Å². The molecule has 0 bridgehead atoms. The van der Waals surface area contributed by atoms with Crippen LogP contribution in [-0.2, 0) is 11.3 Å². The number of hydrogen-bond acceptors (Lipinski definition) is 3. The molecule has 1 fully saturated rings. The number of amides is 1. The van der Waals surface area contributed by atoms with Crippen molar-refractivity contribution in [2.75, 3.05) is 26.2 Å². The number of ether oxygens (including phenoxy) is 1. The molecule has 0 aromatic heterocycles. The van der Waals surface area contributed by atoms with Crippen LogP contribution in [0.1, 0.15) is 25.3 Å². The molecule has 1 heterocycles. The van der Waals surface area contributed by atoms with Gasteiger partial charge >= 0.3 is 0 Å². The number of nitrogens with one attached hydrogen (secondary N) is 1. The van der Waals surface area contributed by atoms with Gasteiger partial charge in [0.1, 0.15) is 5.75 Å². The molecule has 0 unspecified atom stereocenters. The average Bonchev–Trinajstić information content (AvgIpc) is 2.96. The first kappa shape index (κ1) is 16.8. The van der Waals surface area contributed by atoms with Crippen LogP contribution in [-0.4, -0.2) is 37.0 Å². The molecule has 1 amide bonds. The zero-order valence-electron chi connectivity index (χ0n) is 12.1. The molecule has 2 rings (SSSR count). The van der Waals surface area contributed by atoms with Crippen molar-refractivity contribution >= 4 is 37.8 Å². The fraction of sp³-hybridized carbons (Fsp3) is 0.533. The Kier molecular flexibility index (Phi) is 6.51. The van der Waals surface area contributed by atoms with Gasteiger partial charge in [-0.3, -0.25) is 4.79 Å².